The Labute approximate surface area is 149 Å². The molecule has 1 aromatic heterocycles. The van der Waals surface area contributed by atoms with Gasteiger partial charge in [0.25, 0.3) is 5.91 Å². The third kappa shape index (κ3) is 4.78. The number of nitrogens with zero attached hydrogens (tertiary/aromatic N) is 3. The molecule has 1 aromatic carbocycles. The number of amides is 1. The van der Waals surface area contributed by atoms with Gasteiger partial charge in [-0.25, -0.2) is 14.8 Å². The molecule has 0 saturated carbocycles. The van der Waals surface area contributed by atoms with Crippen molar-refractivity contribution in [2.24, 2.45) is 0 Å². The minimum absolute atomic E-state index is 0.0780. The summed E-state index contributed by atoms with van der Waals surface area (Å²) < 4.78 is 0. The van der Waals surface area contributed by atoms with Crippen molar-refractivity contribution in [2.45, 2.75) is 30.5 Å². The average molecular weight is 356 g/mol. The van der Waals surface area contributed by atoms with Gasteiger partial charge in [-0.15, -0.1) is 11.8 Å². The monoisotopic (exact) mass is 356 g/mol. The third-order valence-corrected chi connectivity index (χ3v) is 4.57. The zero-order valence-electron chi connectivity index (χ0n) is 13.7. The van der Waals surface area contributed by atoms with Gasteiger partial charge in [-0.05, 0) is 24.6 Å². The van der Waals surface area contributed by atoms with E-state index < -0.39 is 11.9 Å². The summed E-state index contributed by atoms with van der Waals surface area (Å²) in [6, 6.07) is 5.87. The fourth-order valence-electron chi connectivity index (χ4n) is 1.87. The Morgan fingerprint density at radius 3 is 2.68 bits per heavy atom. The van der Waals surface area contributed by atoms with Gasteiger partial charge in [0.1, 0.15) is 10.7 Å². The number of rotatable bonds is 6. The van der Waals surface area contributed by atoms with Gasteiger partial charge in [0, 0.05) is 5.25 Å². The normalized spacial score (nSPS) is 11.4. The number of aromatic carboxylic acids is 1. The zero-order chi connectivity index (χ0) is 18.4. The molecule has 7 nitrogen and oxygen atoms in total. The Balaban J connectivity index is 2.17. The number of nitrogens with one attached hydrogen (secondary N) is 1. The van der Waals surface area contributed by atoms with Crippen molar-refractivity contribution < 1.29 is 14.7 Å². The molecule has 2 aromatic rings. The van der Waals surface area contributed by atoms with E-state index in [1.54, 1.807) is 11.8 Å². The number of anilines is 1. The van der Waals surface area contributed by atoms with E-state index in [0.29, 0.717) is 5.25 Å². The maximum atomic E-state index is 12.3. The Morgan fingerprint density at radius 2 is 2.12 bits per heavy atom. The largest absolute Gasteiger partial charge is 0.478 e. The lowest BCUT2D eigenvalue weighted by Crippen LogP contribution is -2.16. The molecule has 1 atom stereocenters. The van der Waals surface area contributed by atoms with Crippen molar-refractivity contribution >= 4 is 29.3 Å². The van der Waals surface area contributed by atoms with Crippen LogP contribution in [0.15, 0.2) is 35.6 Å². The van der Waals surface area contributed by atoms with E-state index in [1.165, 1.54) is 30.6 Å². The molecular formula is C17H16N4O3S. The summed E-state index contributed by atoms with van der Waals surface area (Å²) >= 11 is 1.56. The predicted octanol–water partition coefficient (Wildman–Crippen LogP) is 3.19. The maximum absolute atomic E-state index is 12.3. The van der Waals surface area contributed by atoms with E-state index >= 15 is 0 Å². The molecular weight excluding hydrogens is 340 g/mol. The molecule has 0 radical (unpaired) electrons. The first-order valence-electron chi connectivity index (χ1n) is 7.52. The Hall–Kier alpha value is -2.92. The molecule has 1 heterocycles. The van der Waals surface area contributed by atoms with Crippen molar-refractivity contribution in [1.29, 1.82) is 5.26 Å². The zero-order valence-corrected chi connectivity index (χ0v) is 14.5. The standard InChI is InChI=1S/C17H16N4O3S/c1-3-10(2)25-15-9-19-14(8-20-15)16(22)21-13-5-4-11(7-18)6-12(13)17(23)24/h4-6,8-10H,3H2,1-2H3,(H,21,22)(H,23,24). The lowest BCUT2D eigenvalue weighted by Gasteiger charge is -2.09. The number of aromatic nitrogens is 2. The molecule has 0 fully saturated rings. The van der Waals surface area contributed by atoms with Crippen LogP contribution in [0.4, 0.5) is 5.69 Å². The number of carboxylic acid groups (broad SMARTS) is 1. The van der Waals surface area contributed by atoms with Crippen molar-refractivity contribution in [3.63, 3.8) is 0 Å². The Bertz CT molecular complexity index is 831. The van der Waals surface area contributed by atoms with Gasteiger partial charge in [-0.1, -0.05) is 13.8 Å². The summed E-state index contributed by atoms with van der Waals surface area (Å²) in [7, 11) is 0. The van der Waals surface area contributed by atoms with Gasteiger partial charge in [-0.3, -0.25) is 4.79 Å². The van der Waals surface area contributed by atoms with Crippen LogP contribution < -0.4 is 5.32 Å². The second-order valence-electron chi connectivity index (χ2n) is 5.21. The SMILES string of the molecule is CCC(C)Sc1cnc(C(=O)Nc2ccc(C#N)cc2C(=O)O)cn1. The van der Waals surface area contributed by atoms with Gasteiger partial charge in [-0.2, -0.15) is 5.26 Å². The highest BCUT2D eigenvalue weighted by Crippen LogP contribution is 2.22. The number of carboxylic acids is 1. The summed E-state index contributed by atoms with van der Waals surface area (Å²) in [6.45, 7) is 4.15. The Kier molecular flexibility index (Phi) is 6.08. The number of carbonyl (C=O) groups is 2. The second kappa shape index (κ2) is 8.26. The lowest BCUT2D eigenvalue weighted by molar-refractivity contribution is 0.0698. The molecule has 0 bridgehead atoms. The van der Waals surface area contributed by atoms with Crippen molar-refractivity contribution in [3.05, 3.63) is 47.4 Å². The second-order valence-corrected chi connectivity index (χ2v) is 6.67. The molecule has 0 aliphatic heterocycles. The first-order chi connectivity index (χ1) is 11.9. The van der Waals surface area contributed by atoms with Gasteiger partial charge < -0.3 is 10.4 Å². The number of hydrogen-bond acceptors (Lipinski definition) is 6. The van der Waals surface area contributed by atoms with Crippen LogP contribution in [0, 0.1) is 11.3 Å². The summed E-state index contributed by atoms with van der Waals surface area (Å²) in [6.07, 6.45) is 3.86. The van der Waals surface area contributed by atoms with E-state index in [9.17, 15) is 14.7 Å². The van der Waals surface area contributed by atoms with Gasteiger partial charge in [0.15, 0.2) is 0 Å². The number of thioether (sulfide) groups is 1. The summed E-state index contributed by atoms with van der Waals surface area (Å²) in [4.78, 5) is 31.8. The van der Waals surface area contributed by atoms with Gasteiger partial charge in [0.2, 0.25) is 0 Å². The maximum Gasteiger partial charge on any atom is 0.337 e. The first kappa shape index (κ1) is 18.4. The molecule has 8 heteroatoms. The summed E-state index contributed by atoms with van der Waals surface area (Å²) in [5.74, 6) is -1.81. The predicted molar refractivity (Wildman–Crippen MR) is 93.7 cm³/mol. The molecule has 2 N–H and O–H groups in total. The van der Waals surface area contributed by atoms with E-state index in [-0.39, 0.29) is 22.5 Å². The lowest BCUT2D eigenvalue weighted by atomic mass is 10.1. The molecule has 0 spiro atoms. The average Bonchev–Trinajstić information content (AvgIpc) is 2.62. The summed E-state index contributed by atoms with van der Waals surface area (Å²) in [5.41, 5.74) is 0.205. The van der Waals surface area contributed by atoms with Crippen LogP contribution in [0.2, 0.25) is 0 Å². The van der Waals surface area contributed by atoms with Crippen molar-refractivity contribution in [1.82, 2.24) is 9.97 Å². The molecule has 128 valence electrons. The van der Waals surface area contributed by atoms with Crippen LogP contribution in [-0.4, -0.2) is 32.2 Å². The summed E-state index contributed by atoms with van der Waals surface area (Å²) in [5, 5.41) is 21.7. The molecule has 0 aliphatic carbocycles. The molecule has 2 rings (SSSR count). The van der Waals surface area contributed by atoms with Crippen LogP contribution in [0.3, 0.4) is 0 Å². The van der Waals surface area contributed by atoms with E-state index in [2.05, 4.69) is 29.1 Å². The van der Waals surface area contributed by atoms with Crippen LogP contribution in [0.1, 0.15) is 46.7 Å². The van der Waals surface area contributed by atoms with Gasteiger partial charge in [0.05, 0.1) is 35.3 Å². The van der Waals surface area contributed by atoms with E-state index in [1.807, 2.05) is 6.07 Å². The highest BCUT2D eigenvalue weighted by atomic mass is 32.2. The topological polar surface area (TPSA) is 116 Å². The minimum Gasteiger partial charge on any atom is -0.478 e. The molecule has 1 amide bonds. The Morgan fingerprint density at radius 1 is 1.36 bits per heavy atom. The molecule has 0 aliphatic rings. The number of carbonyl (C=O) groups excluding carboxylic acids is 1. The van der Waals surface area contributed by atoms with E-state index in [4.69, 9.17) is 5.26 Å². The highest BCUT2D eigenvalue weighted by molar-refractivity contribution is 7.99. The molecule has 0 saturated heterocycles. The number of benzene rings is 1. The van der Waals surface area contributed by atoms with E-state index in [0.717, 1.165) is 11.4 Å². The first-order valence-corrected chi connectivity index (χ1v) is 8.40. The van der Waals surface area contributed by atoms with Gasteiger partial charge >= 0.3 is 5.97 Å². The third-order valence-electron chi connectivity index (χ3n) is 3.38. The van der Waals surface area contributed by atoms with Crippen LogP contribution >= 0.6 is 11.8 Å². The van der Waals surface area contributed by atoms with Crippen LogP contribution in [0.5, 0.6) is 0 Å². The minimum atomic E-state index is -1.24. The van der Waals surface area contributed by atoms with Crippen LogP contribution in [0.25, 0.3) is 0 Å². The quantitative estimate of drug-likeness (QED) is 0.763. The van der Waals surface area contributed by atoms with Crippen molar-refractivity contribution in [2.75, 3.05) is 5.32 Å². The highest BCUT2D eigenvalue weighted by Gasteiger charge is 2.16. The van der Waals surface area contributed by atoms with Crippen LogP contribution in [-0.2, 0) is 0 Å². The van der Waals surface area contributed by atoms with Crippen molar-refractivity contribution in [3.8, 4) is 6.07 Å². The fraction of sp³-hybridized carbons (Fsp3) is 0.235. The smallest absolute Gasteiger partial charge is 0.337 e. The molecule has 1 unspecified atom stereocenters. The molecule has 25 heavy (non-hydrogen) atoms. The fourth-order valence-corrected chi connectivity index (χ4v) is 2.68. The number of nitriles is 1. The number of hydrogen-bond donors (Lipinski definition) is 2.